The zero-order chi connectivity index (χ0) is 9.80. The van der Waals surface area contributed by atoms with Gasteiger partial charge in [-0.3, -0.25) is 0 Å². The molecule has 0 fully saturated rings. The van der Waals surface area contributed by atoms with Gasteiger partial charge in [-0.1, -0.05) is 12.2 Å². The zero-order valence-electron chi connectivity index (χ0n) is 8.70. The number of hydrogen-bond acceptors (Lipinski definition) is 0. The van der Waals surface area contributed by atoms with E-state index in [1.54, 1.807) is 0 Å². The monoisotopic (exact) mass is 308 g/mol. The molecule has 0 saturated heterocycles. The fourth-order valence-corrected chi connectivity index (χ4v) is 1.46. The maximum Gasteiger partial charge on any atom is 0.191 e. The lowest BCUT2D eigenvalue weighted by Gasteiger charge is -1.92. The molecule has 0 bridgehead atoms. The standard InChI is InChI=1S/C14H13.HI/c1-12-8-10-14(11-9-12)13-6-4-2-3-5-7-13;/h2-4,6,8-11H,5H2,1H3;1H/q+1;/p-1. The molecule has 0 radical (unpaired) electrons. The van der Waals surface area contributed by atoms with Gasteiger partial charge in [0.15, 0.2) is 5.57 Å². The van der Waals surface area contributed by atoms with Crippen LogP contribution in [0.5, 0.6) is 0 Å². The molecular weight excluding hydrogens is 295 g/mol. The van der Waals surface area contributed by atoms with Crippen molar-refractivity contribution in [1.29, 1.82) is 0 Å². The van der Waals surface area contributed by atoms with Crippen LogP contribution in [0.25, 0.3) is 5.57 Å². The summed E-state index contributed by atoms with van der Waals surface area (Å²) in [6.07, 6.45) is 12.6. The largest absolute Gasteiger partial charge is 1.00 e. The minimum absolute atomic E-state index is 0. The Labute approximate surface area is 108 Å². The Kier molecular flexibility index (Phi) is 4.73. The van der Waals surface area contributed by atoms with Gasteiger partial charge >= 0.3 is 0 Å². The highest BCUT2D eigenvalue weighted by molar-refractivity contribution is 5.73. The molecule has 1 heteroatoms. The number of aryl methyl sites for hydroxylation is 1. The van der Waals surface area contributed by atoms with Crippen molar-refractivity contribution in [3.8, 4) is 0 Å². The van der Waals surface area contributed by atoms with Crippen LogP contribution in [0.1, 0.15) is 17.5 Å². The third-order valence-electron chi connectivity index (χ3n) is 2.28. The zero-order valence-corrected chi connectivity index (χ0v) is 10.9. The van der Waals surface area contributed by atoms with Crippen molar-refractivity contribution in [2.75, 3.05) is 0 Å². The minimum atomic E-state index is 0. The third kappa shape index (κ3) is 3.29. The van der Waals surface area contributed by atoms with Crippen LogP contribution in [0.2, 0.25) is 0 Å². The molecule has 0 amide bonds. The second kappa shape index (κ2) is 5.84. The number of hydrogen-bond donors (Lipinski definition) is 0. The van der Waals surface area contributed by atoms with Crippen LogP contribution in [0.3, 0.4) is 0 Å². The number of allylic oxidation sites excluding steroid dienone is 6. The van der Waals surface area contributed by atoms with Gasteiger partial charge in [0, 0.05) is 18.2 Å². The summed E-state index contributed by atoms with van der Waals surface area (Å²) in [5, 5.41) is 0. The third-order valence-corrected chi connectivity index (χ3v) is 2.28. The quantitative estimate of drug-likeness (QED) is 0.529. The molecule has 1 aromatic rings. The van der Waals surface area contributed by atoms with E-state index in [-0.39, 0.29) is 24.0 Å². The van der Waals surface area contributed by atoms with Gasteiger partial charge in [-0.25, -0.2) is 0 Å². The summed E-state index contributed by atoms with van der Waals surface area (Å²) in [7, 11) is 0. The Morgan fingerprint density at radius 3 is 2.53 bits per heavy atom. The van der Waals surface area contributed by atoms with Crippen molar-refractivity contribution in [3.05, 3.63) is 65.8 Å². The van der Waals surface area contributed by atoms with Crippen LogP contribution in [-0.2, 0) is 0 Å². The normalized spacial score (nSPS) is 13.5. The minimum Gasteiger partial charge on any atom is -1.00 e. The summed E-state index contributed by atoms with van der Waals surface area (Å²) in [6.45, 7) is 2.10. The van der Waals surface area contributed by atoms with Crippen molar-refractivity contribution in [1.82, 2.24) is 0 Å². The van der Waals surface area contributed by atoms with Gasteiger partial charge in [0.2, 0.25) is 0 Å². The molecule has 0 N–H and O–H groups in total. The van der Waals surface area contributed by atoms with Crippen LogP contribution in [-0.4, -0.2) is 0 Å². The maximum atomic E-state index is 3.36. The summed E-state index contributed by atoms with van der Waals surface area (Å²) in [5.41, 5.74) is 3.73. The molecule has 1 aliphatic carbocycles. The molecular formula is C14H13I. The number of rotatable bonds is 1. The fraction of sp³-hybridized carbons (Fsp3) is 0.143. The molecule has 1 aromatic carbocycles. The molecule has 76 valence electrons. The molecule has 0 atom stereocenters. The molecule has 15 heavy (non-hydrogen) atoms. The predicted octanol–water partition coefficient (Wildman–Crippen LogP) is 0.702. The van der Waals surface area contributed by atoms with Crippen LogP contribution in [0.4, 0.5) is 0 Å². The van der Waals surface area contributed by atoms with Crippen molar-refractivity contribution in [2.45, 2.75) is 13.3 Å². The van der Waals surface area contributed by atoms with Crippen LogP contribution in [0.15, 0.2) is 48.6 Å². The predicted molar refractivity (Wildman–Crippen MR) is 60.7 cm³/mol. The smallest absolute Gasteiger partial charge is 0.191 e. The van der Waals surface area contributed by atoms with Crippen molar-refractivity contribution < 1.29 is 24.0 Å². The van der Waals surface area contributed by atoms with E-state index in [0.717, 1.165) is 6.42 Å². The van der Waals surface area contributed by atoms with Crippen LogP contribution < -0.4 is 24.0 Å². The SMILES string of the molecule is Cc1ccc(C2=[C+]CC=CC=C2)cc1.[I-]. The van der Waals surface area contributed by atoms with Crippen molar-refractivity contribution in [3.63, 3.8) is 0 Å². The molecule has 0 nitrogen and oxygen atoms in total. The Balaban J connectivity index is 0.00000112. The van der Waals surface area contributed by atoms with Gasteiger partial charge < -0.3 is 24.0 Å². The molecule has 0 spiro atoms. The van der Waals surface area contributed by atoms with Crippen molar-refractivity contribution in [2.24, 2.45) is 0 Å². The second-order valence-corrected chi connectivity index (χ2v) is 3.45. The maximum absolute atomic E-state index is 3.36. The van der Waals surface area contributed by atoms with Gasteiger partial charge in [-0.15, -0.1) is 0 Å². The van der Waals surface area contributed by atoms with Gasteiger partial charge in [0.05, 0.1) is 18.1 Å². The average Bonchev–Trinajstić information content (AvgIpc) is 2.47. The van der Waals surface area contributed by atoms with E-state index >= 15 is 0 Å². The first-order chi connectivity index (χ1) is 6.86. The summed E-state index contributed by atoms with van der Waals surface area (Å²) >= 11 is 0. The molecule has 2 rings (SSSR count). The Morgan fingerprint density at radius 1 is 1.07 bits per heavy atom. The number of halogens is 1. The van der Waals surface area contributed by atoms with E-state index in [4.69, 9.17) is 0 Å². The molecule has 0 heterocycles. The first kappa shape index (κ1) is 12.2. The van der Waals surface area contributed by atoms with E-state index in [9.17, 15) is 0 Å². The van der Waals surface area contributed by atoms with Crippen molar-refractivity contribution >= 4 is 5.57 Å². The van der Waals surface area contributed by atoms with E-state index in [1.165, 1.54) is 16.7 Å². The second-order valence-electron chi connectivity index (χ2n) is 3.45. The molecule has 0 saturated carbocycles. The first-order valence-corrected chi connectivity index (χ1v) is 4.87. The topological polar surface area (TPSA) is 0 Å². The number of benzene rings is 1. The summed E-state index contributed by atoms with van der Waals surface area (Å²) in [5.74, 6) is 0. The van der Waals surface area contributed by atoms with Gasteiger partial charge in [0.1, 0.15) is 0 Å². The molecule has 0 aromatic heterocycles. The summed E-state index contributed by atoms with van der Waals surface area (Å²) in [6, 6.07) is 8.56. The fourth-order valence-electron chi connectivity index (χ4n) is 1.46. The van der Waals surface area contributed by atoms with Gasteiger partial charge in [-0.2, -0.15) is 0 Å². The van der Waals surface area contributed by atoms with E-state index < -0.39 is 0 Å². The van der Waals surface area contributed by atoms with Gasteiger partial charge in [0.25, 0.3) is 0 Å². The lowest BCUT2D eigenvalue weighted by molar-refractivity contribution is -0.00000281. The van der Waals surface area contributed by atoms with Crippen LogP contribution in [0, 0.1) is 13.0 Å². The Hall–Kier alpha value is -0.920. The summed E-state index contributed by atoms with van der Waals surface area (Å²) < 4.78 is 0. The Bertz CT molecular complexity index is 394. The molecule has 0 aliphatic heterocycles. The highest BCUT2D eigenvalue weighted by Crippen LogP contribution is 2.18. The van der Waals surface area contributed by atoms with E-state index in [0.29, 0.717) is 0 Å². The molecule has 1 aliphatic rings. The highest BCUT2D eigenvalue weighted by Gasteiger charge is 2.08. The lowest BCUT2D eigenvalue weighted by atomic mass is 10.0. The highest BCUT2D eigenvalue weighted by atomic mass is 127. The molecule has 0 unspecified atom stereocenters. The van der Waals surface area contributed by atoms with Crippen LogP contribution >= 0.6 is 0 Å². The first-order valence-electron chi connectivity index (χ1n) is 4.87. The van der Waals surface area contributed by atoms with E-state index in [1.807, 2.05) is 0 Å². The van der Waals surface area contributed by atoms with E-state index in [2.05, 4.69) is 61.6 Å². The Morgan fingerprint density at radius 2 is 1.80 bits per heavy atom. The lowest BCUT2D eigenvalue weighted by Crippen LogP contribution is -3.00. The van der Waals surface area contributed by atoms with Gasteiger partial charge in [-0.05, 0) is 30.7 Å². The average molecular weight is 308 g/mol. The summed E-state index contributed by atoms with van der Waals surface area (Å²) in [4.78, 5) is 0.